The van der Waals surface area contributed by atoms with Gasteiger partial charge in [0.05, 0.1) is 0 Å². The SMILES string of the molecule is CC(Br)OC1C=Cc2c[c]ccc21. The highest BCUT2D eigenvalue weighted by Crippen LogP contribution is 2.31. The summed E-state index contributed by atoms with van der Waals surface area (Å²) in [4.78, 5) is 0. The smallest absolute Gasteiger partial charge is 0.111 e. The van der Waals surface area contributed by atoms with Gasteiger partial charge in [0.2, 0.25) is 0 Å². The lowest BCUT2D eigenvalue weighted by molar-refractivity contribution is 0.0812. The number of alkyl halides is 1. The summed E-state index contributed by atoms with van der Waals surface area (Å²) >= 11 is 3.37. The highest BCUT2D eigenvalue weighted by Gasteiger charge is 2.18. The molecule has 2 heteroatoms. The highest BCUT2D eigenvalue weighted by molar-refractivity contribution is 9.09. The second-order valence-corrected chi connectivity index (χ2v) is 4.30. The predicted octanol–water partition coefficient (Wildman–Crippen LogP) is 3.31. The van der Waals surface area contributed by atoms with E-state index >= 15 is 0 Å². The van der Waals surface area contributed by atoms with Crippen molar-refractivity contribution < 1.29 is 4.74 Å². The van der Waals surface area contributed by atoms with E-state index in [1.54, 1.807) is 0 Å². The molecular weight excluding hydrogens is 228 g/mol. The van der Waals surface area contributed by atoms with Gasteiger partial charge in [0.1, 0.15) is 11.1 Å². The Morgan fingerprint density at radius 1 is 1.62 bits per heavy atom. The first-order valence-electron chi connectivity index (χ1n) is 4.25. The fourth-order valence-electron chi connectivity index (χ4n) is 1.47. The Balaban J connectivity index is 2.23. The molecule has 0 spiro atoms. The van der Waals surface area contributed by atoms with E-state index in [4.69, 9.17) is 4.74 Å². The summed E-state index contributed by atoms with van der Waals surface area (Å²) < 4.78 is 5.65. The molecule has 0 fully saturated rings. The van der Waals surface area contributed by atoms with Crippen LogP contribution < -0.4 is 0 Å². The lowest BCUT2D eigenvalue weighted by atomic mass is 10.1. The van der Waals surface area contributed by atoms with E-state index in [9.17, 15) is 0 Å². The van der Waals surface area contributed by atoms with Crippen molar-refractivity contribution in [2.75, 3.05) is 0 Å². The second kappa shape index (κ2) is 3.64. The van der Waals surface area contributed by atoms with Crippen molar-refractivity contribution in [1.29, 1.82) is 0 Å². The molecule has 0 aliphatic heterocycles. The van der Waals surface area contributed by atoms with Crippen molar-refractivity contribution in [2.45, 2.75) is 18.0 Å². The molecule has 0 heterocycles. The average molecular weight is 238 g/mol. The minimum absolute atomic E-state index is 0.0808. The molecule has 13 heavy (non-hydrogen) atoms. The van der Waals surface area contributed by atoms with E-state index in [0.717, 1.165) is 0 Å². The van der Waals surface area contributed by atoms with Crippen molar-refractivity contribution in [3.63, 3.8) is 0 Å². The Kier molecular flexibility index (Phi) is 2.51. The van der Waals surface area contributed by atoms with Crippen LogP contribution in [0.5, 0.6) is 0 Å². The van der Waals surface area contributed by atoms with Crippen LogP contribution in [0.25, 0.3) is 6.08 Å². The van der Waals surface area contributed by atoms with Crippen LogP contribution in [-0.2, 0) is 4.74 Å². The molecule has 1 nitrogen and oxygen atoms in total. The Bertz CT molecular complexity index is 331. The maximum absolute atomic E-state index is 5.65. The second-order valence-electron chi connectivity index (χ2n) is 3.01. The fraction of sp³-hybridized carbons (Fsp3) is 0.273. The third-order valence-corrected chi connectivity index (χ3v) is 2.24. The molecule has 0 amide bonds. The topological polar surface area (TPSA) is 9.23 Å². The zero-order valence-corrected chi connectivity index (χ0v) is 8.91. The summed E-state index contributed by atoms with van der Waals surface area (Å²) in [5, 5.41) is 0.0808. The van der Waals surface area contributed by atoms with Crippen molar-refractivity contribution in [2.24, 2.45) is 0 Å². The Morgan fingerprint density at radius 2 is 2.46 bits per heavy atom. The number of halogens is 1. The van der Waals surface area contributed by atoms with Crippen molar-refractivity contribution in [3.05, 3.63) is 41.5 Å². The third-order valence-electron chi connectivity index (χ3n) is 2.02. The summed E-state index contributed by atoms with van der Waals surface area (Å²) in [6, 6.07) is 9.00. The molecule has 0 bridgehead atoms. The summed E-state index contributed by atoms with van der Waals surface area (Å²) in [6.45, 7) is 1.97. The number of hydrogen-bond acceptors (Lipinski definition) is 1. The number of ether oxygens (including phenoxy) is 1. The van der Waals surface area contributed by atoms with Crippen LogP contribution in [0.2, 0.25) is 0 Å². The van der Waals surface area contributed by atoms with Crippen molar-refractivity contribution in [1.82, 2.24) is 0 Å². The molecule has 0 aromatic heterocycles. The van der Waals surface area contributed by atoms with Gasteiger partial charge in [-0.25, -0.2) is 0 Å². The monoisotopic (exact) mass is 237 g/mol. The Morgan fingerprint density at radius 3 is 3.23 bits per heavy atom. The number of rotatable bonds is 2. The van der Waals surface area contributed by atoms with E-state index in [1.807, 2.05) is 19.1 Å². The van der Waals surface area contributed by atoms with Crippen LogP contribution in [0.15, 0.2) is 24.3 Å². The molecule has 1 aromatic carbocycles. The normalized spacial score (nSPS) is 21.5. The minimum atomic E-state index is 0.0808. The molecule has 0 saturated carbocycles. The molecule has 0 saturated heterocycles. The summed E-state index contributed by atoms with van der Waals surface area (Å²) in [5.74, 6) is 0. The fourth-order valence-corrected chi connectivity index (χ4v) is 1.71. The minimum Gasteiger partial charge on any atom is -0.355 e. The van der Waals surface area contributed by atoms with Crippen LogP contribution in [0.4, 0.5) is 0 Å². The van der Waals surface area contributed by atoms with Crippen LogP contribution in [0, 0.1) is 6.07 Å². The van der Waals surface area contributed by atoms with Crippen molar-refractivity contribution >= 4 is 22.0 Å². The summed E-state index contributed by atoms with van der Waals surface area (Å²) in [6.07, 6.45) is 4.24. The van der Waals surface area contributed by atoms with Crippen molar-refractivity contribution in [3.8, 4) is 0 Å². The Hall–Kier alpha value is -0.600. The molecule has 1 aliphatic carbocycles. The first kappa shape index (κ1) is 8.97. The van der Waals surface area contributed by atoms with Gasteiger partial charge in [-0.3, -0.25) is 0 Å². The van der Waals surface area contributed by atoms with Gasteiger partial charge in [0.25, 0.3) is 0 Å². The third kappa shape index (κ3) is 1.84. The zero-order valence-electron chi connectivity index (χ0n) is 7.33. The van der Waals surface area contributed by atoms with E-state index in [2.05, 4.69) is 40.2 Å². The van der Waals surface area contributed by atoms with E-state index in [0.29, 0.717) is 0 Å². The van der Waals surface area contributed by atoms with Gasteiger partial charge in [0, 0.05) is 0 Å². The van der Waals surface area contributed by atoms with Crippen LogP contribution in [-0.4, -0.2) is 5.01 Å². The predicted molar refractivity (Wildman–Crippen MR) is 56.5 cm³/mol. The van der Waals surface area contributed by atoms with Gasteiger partial charge in [-0.05, 0) is 30.2 Å². The van der Waals surface area contributed by atoms with Crippen LogP contribution in [0.3, 0.4) is 0 Å². The maximum atomic E-state index is 5.65. The standard InChI is InChI=1S/C11H10BrO/c1-8(12)13-11-7-6-9-4-2-3-5-10(9)11/h3-8,11H,1H3. The van der Waals surface area contributed by atoms with Gasteiger partial charge < -0.3 is 4.74 Å². The quantitative estimate of drug-likeness (QED) is 0.718. The van der Waals surface area contributed by atoms with Crippen LogP contribution in [0.1, 0.15) is 24.2 Å². The molecule has 67 valence electrons. The van der Waals surface area contributed by atoms with Gasteiger partial charge in [0.15, 0.2) is 0 Å². The number of fused-ring (bicyclic) bond motifs is 1. The lowest BCUT2D eigenvalue weighted by Gasteiger charge is -2.13. The molecule has 0 N–H and O–H groups in total. The maximum Gasteiger partial charge on any atom is 0.111 e. The largest absolute Gasteiger partial charge is 0.355 e. The average Bonchev–Trinajstić information content (AvgIpc) is 2.48. The van der Waals surface area contributed by atoms with Gasteiger partial charge in [-0.1, -0.05) is 40.2 Å². The molecule has 2 unspecified atom stereocenters. The summed E-state index contributed by atoms with van der Waals surface area (Å²) in [7, 11) is 0. The number of hydrogen-bond donors (Lipinski definition) is 0. The summed E-state index contributed by atoms with van der Waals surface area (Å²) in [5.41, 5.74) is 2.44. The van der Waals surface area contributed by atoms with E-state index < -0.39 is 0 Å². The van der Waals surface area contributed by atoms with Gasteiger partial charge in [-0.2, -0.15) is 0 Å². The molecule has 1 aromatic rings. The van der Waals surface area contributed by atoms with E-state index in [-0.39, 0.29) is 11.1 Å². The first-order chi connectivity index (χ1) is 6.27. The molecular formula is C11H10BrO. The first-order valence-corrected chi connectivity index (χ1v) is 5.16. The van der Waals surface area contributed by atoms with E-state index in [1.165, 1.54) is 11.1 Å². The molecule has 2 rings (SSSR count). The molecule has 2 atom stereocenters. The van der Waals surface area contributed by atoms with Gasteiger partial charge in [-0.15, -0.1) is 0 Å². The lowest BCUT2D eigenvalue weighted by Crippen LogP contribution is -2.04. The highest BCUT2D eigenvalue weighted by atomic mass is 79.9. The van der Waals surface area contributed by atoms with Gasteiger partial charge >= 0.3 is 0 Å². The zero-order chi connectivity index (χ0) is 9.26. The Labute approximate surface area is 86.5 Å². The molecule has 1 radical (unpaired) electrons. The van der Waals surface area contributed by atoms with Crippen LogP contribution >= 0.6 is 15.9 Å². The number of benzene rings is 1. The molecule has 1 aliphatic rings.